The molecule has 1 aliphatic heterocycles. The molecule has 0 bridgehead atoms. The number of rotatable bonds is 6. The van der Waals surface area contributed by atoms with Gasteiger partial charge in [0.1, 0.15) is 0 Å². The Kier molecular flexibility index (Phi) is 5.90. The zero-order chi connectivity index (χ0) is 12.9. The third-order valence-electron chi connectivity index (χ3n) is 4.36. The molecule has 3 heteroatoms. The van der Waals surface area contributed by atoms with Gasteiger partial charge in [0, 0.05) is 24.2 Å². The van der Waals surface area contributed by atoms with Gasteiger partial charge in [0.2, 0.25) is 0 Å². The summed E-state index contributed by atoms with van der Waals surface area (Å²) in [5, 5.41) is 2.47. The van der Waals surface area contributed by atoms with Crippen molar-refractivity contribution in [3.05, 3.63) is 0 Å². The molecule has 3 atom stereocenters. The van der Waals surface area contributed by atoms with Gasteiger partial charge < -0.3 is 5.73 Å². The summed E-state index contributed by atoms with van der Waals surface area (Å²) in [6.07, 6.45) is 7.41. The molecule has 1 heterocycles. The topological polar surface area (TPSA) is 41.3 Å². The smallest absolute Gasteiger partial charge is 0.0445 e. The molecule has 102 valence electrons. The van der Waals surface area contributed by atoms with Crippen LogP contribution in [0.2, 0.25) is 0 Å². The van der Waals surface area contributed by atoms with Crippen LogP contribution in [0.5, 0.6) is 0 Å². The standard InChI is InChI=1S/C14H31N3/c1-5-10-14(6-2,11-15)16-17-12(3)8-7-9-13(17)4/h12-13,16H,5-11,15H2,1-4H3. The van der Waals surface area contributed by atoms with E-state index < -0.39 is 0 Å². The normalized spacial score (nSPS) is 30.2. The van der Waals surface area contributed by atoms with Gasteiger partial charge in [-0.2, -0.15) is 0 Å². The van der Waals surface area contributed by atoms with Gasteiger partial charge in [0.25, 0.3) is 0 Å². The highest BCUT2D eigenvalue weighted by atomic mass is 15.6. The summed E-state index contributed by atoms with van der Waals surface area (Å²) in [5.41, 5.74) is 9.91. The van der Waals surface area contributed by atoms with Crippen LogP contribution >= 0.6 is 0 Å². The Morgan fingerprint density at radius 2 is 1.82 bits per heavy atom. The molecule has 0 amide bonds. The maximum Gasteiger partial charge on any atom is 0.0445 e. The number of nitrogens with one attached hydrogen (secondary N) is 1. The van der Waals surface area contributed by atoms with E-state index in [0.717, 1.165) is 19.4 Å². The average molecular weight is 241 g/mol. The van der Waals surface area contributed by atoms with Gasteiger partial charge in [-0.05, 0) is 39.5 Å². The molecule has 0 saturated carbocycles. The van der Waals surface area contributed by atoms with Crippen LogP contribution in [0.25, 0.3) is 0 Å². The van der Waals surface area contributed by atoms with Crippen LogP contribution in [0.3, 0.4) is 0 Å². The maximum absolute atomic E-state index is 6.02. The van der Waals surface area contributed by atoms with E-state index in [1.807, 2.05) is 0 Å². The van der Waals surface area contributed by atoms with Crippen molar-refractivity contribution in [2.45, 2.75) is 83.8 Å². The van der Waals surface area contributed by atoms with Crippen LogP contribution < -0.4 is 11.2 Å². The summed E-state index contributed by atoms with van der Waals surface area (Å²) in [6, 6.07) is 1.26. The number of piperidine rings is 1. The lowest BCUT2D eigenvalue weighted by Crippen LogP contribution is -2.63. The predicted octanol–water partition coefficient (Wildman–Crippen LogP) is 2.66. The molecule has 3 nitrogen and oxygen atoms in total. The van der Waals surface area contributed by atoms with Gasteiger partial charge >= 0.3 is 0 Å². The van der Waals surface area contributed by atoms with Crippen molar-refractivity contribution in [2.24, 2.45) is 5.73 Å². The number of hydrogen-bond donors (Lipinski definition) is 2. The monoisotopic (exact) mass is 241 g/mol. The first-order chi connectivity index (χ1) is 8.08. The highest BCUT2D eigenvalue weighted by Gasteiger charge is 2.33. The van der Waals surface area contributed by atoms with Gasteiger partial charge in [-0.3, -0.25) is 0 Å². The molecule has 17 heavy (non-hydrogen) atoms. The van der Waals surface area contributed by atoms with Crippen molar-refractivity contribution in [3.8, 4) is 0 Å². The zero-order valence-electron chi connectivity index (χ0n) is 12.1. The third-order valence-corrected chi connectivity index (χ3v) is 4.36. The molecule has 1 saturated heterocycles. The van der Waals surface area contributed by atoms with Crippen molar-refractivity contribution in [1.29, 1.82) is 0 Å². The van der Waals surface area contributed by atoms with Crippen LogP contribution in [0.15, 0.2) is 0 Å². The van der Waals surface area contributed by atoms with Gasteiger partial charge in [-0.1, -0.05) is 26.7 Å². The van der Waals surface area contributed by atoms with E-state index in [-0.39, 0.29) is 5.54 Å². The Labute approximate surface area is 107 Å². The van der Waals surface area contributed by atoms with E-state index in [4.69, 9.17) is 5.73 Å². The van der Waals surface area contributed by atoms with E-state index in [0.29, 0.717) is 12.1 Å². The second-order valence-corrected chi connectivity index (χ2v) is 5.74. The van der Waals surface area contributed by atoms with Crippen molar-refractivity contribution >= 4 is 0 Å². The van der Waals surface area contributed by atoms with Gasteiger partial charge in [-0.15, -0.1) is 0 Å². The Balaban J connectivity index is 2.70. The van der Waals surface area contributed by atoms with Crippen LogP contribution in [0.1, 0.15) is 66.2 Å². The lowest BCUT2D eigenvalue weighted by Gasteiger charge is -2.46. The fourth-order valence-electron chi connectivity index (χ4n) is 3.00. The van der Waals surface area contributed by atoms with Gasteiger partial charge in [-0.25, -0.2) is 10.4 Å². The van der Waals surface area contributed by atoms with E-state index in [9.17, 15) is 0 Å². The number of nitrogens with two attached hydrogens (primary N) is 1. The first kappa shape index (κ1) is 14.9. The molecule has 0 aliphatic carbocycles. The minimum atomic E-state index is 0.106. The molecule has 0 spiro atoms. The van der Waals surface area contributed by atoms with Crippen molar-refractivity contribution in [2.75, 3.05) is 6.54 Å². The largest absolute Gasteiger partial charge is 0.329 e. The van der Waals surface area contributed by atoms with Crippen molar-refractivity contribution < 1.29 is 0 Å². The molecule has 0 aromatic rings. The highest BCUT2D eigenvalue weighted by Crippen LogP contribution is 2.24. The maximum atomic E-state index is 6.02. The predicted molar refractivity (Wildman–Crippen MR) is 74.7 cm³/mol. The summed E-state index contributed by atoms with van der Waals surface area (Å²) >= 11 is 0. The molecule has 0 aromatic heterocycles. The summed E-state index contributed by atoms with van der Waals surface area (Å²) < 4.78 is 0. The molecule has 3 unspecified atom stereocenters. The van der Waals surface area contributed by atoms with Crippen LogP contribution in [-0.4, -0.2) is 29.2 Å². The molecule has 0 radical (unpaired) electrons. The lowest BCUT2D eigenvalue weighted by atomic mass is 9.90. The van der Waals surface area contributed by atoms with Gasteiger partial charge in [0.05, 0.1) is 0 Å². The van der Waals surface area contributed by atoms with E-state index in [2.05, 4.69) is 38.1 Å². The first-order valence-corrected chi connectivity index (χ1v) is 7.34. The Morgan fingerprint density at radius 1 is 1.24 bits per heavy atom. The molecular weight excluding hydrogens is 210 g/mol. The summed E-state index contributed by atoms with van der Waals surface area (Å²) in [5.74, 6) is 0. The van der Waals surface area contributed by atoms with E-state index >= 15 is 0 Å². The van der Waals surface area contributed by atoms with Crippen molar-refractivity contribution in [1.82, 2.24) is 10.4 Å². The SMILES string of the molecule is CCCC(CC)(CN)NN1C(C)CCCC1C. The fraction of sp³-hybridized carbons (Fsp3) is 1.00. The minimum absolute atomic E-state index is 0.106. The summed E-state index contributed by atoms with van der Waals surface area (Å²) in [7, 11) is 0. The van der Waals surface area contributed by atoms with Crippen LogP contribution in [0.4, 0.5) is 0 Å². The zero-order valence-corrected chi connectivity index (χ0v) is 12.1. The van der Waals surface area contributed by atoms with Crippen LogP contribution in [0, 0.1) is 0 Å². The Hall–Kier alpha value is -0.120. The number of hydrogen-bond acceptors (Lipinski definition) is 3. The minimum Gasteiger partial charge on any atom is -0.329 e. The lowest BCUT2D eigenvalue weighted by molar-refractivity contribution is -0.00235. The van der Waals surface area contributed by atoms with Gasteiger partial charge in [0.15, 0.2) is 0 Å². The molecule has 1 aliphatic rings. The quantitative estimate of drug-likeness (QED) is 0.751. The molecule has 0 aromatic carbocycles. The van der Waals surface area contributed by atoms with Crippen LogP contribution in [-0.2, 0) is 0 Å². The Bertz CT molecular complexity index is 204. The second kappa shape index (κ2) is 6.72. The number of hydrazine groups is 1. The first-order valence-electron chi connectivity index (χ1n) is 7.34. The van der Waals surface area contributed by atoms with E-state index in [1.54, 1.807) is 0 Å². The summed E-state index contributed by atoms with van der Waals surface area (Å²) in [6.45, 7) is 9.87. The second-order valence-electron chi connectivity index (χ2n) is 5.74. The van der Waals surface area contributed by atoms with Crippen molar-refractivity contribution in [3.63, 3.8) is 0 Å². The number of nitrogens with zero attached hydrogens (tertiary/aromatic N) is 1. The molecule has 3 N–H and O–H groups in total. The Morgan fingerprint density at radius 3 is 2.24 bits per heavy atom. The highest BCUT2D eigenvalue weighted by molar-refractivity contribution is 4.89. The third kappa shape index (κ3) is 3.67. The van der Waals surface area contributed by atoms with E-state index in [1.165, 1.54) is 25.7 Å². The fourth-order valence-corrected chi connectivity index (χ4v) is 3.00. The molecule has 1 rings (SSSR count). The summed E-state index contributed by atoms with van der Waals surface area (Å²) in [4.78, 5) is 0. The molecule has 1 fully saturated rings. The average Bonchev–Trinajstić information content (AvgIpc) is 2.33. The molecular formula is C14H31N3.